The molecule has 0 spiro atoms. The molecule has 0 aliphatic carbocycles. The van der Waals surface area contributed by atoms with Gasteiger partial charge in [0.15, 0.2) is 5.78 Å². The highest BCUT2D eigenvalue weighted by Gasteiger charge is 2.14. The number of carbonyl (C=O) groups excluding carboxylic acids is 1. The molecule has 0 bridgehead atoms. The molecule has 0 heterocycles. The van der Waals surface area contributed by atoms with Gasteiger partial charge in [0.1, 0.15) is 0 Å². The summed E-state index contributed by atoms with van der Waals surface area (Å²) >= 11 is 3.45. The molecule has 0 N–H and O–H groups in total. The standard InChI is InChI=1S/C13H17BrO/c1-4-5-10(3)13(15)11-7-6-9(2)12(14)8-11/h6-8,10H,4-5H2,1-3H3. The molecule has 0 radical (unpaired) electrons. The van der Waals surface area contributed by atoms with E-state index in [4.69, 9.17) is 0 Å². The van der Waals surface area contributed by atoms with Gasteiger partial charge in [0, 0.05) is 16.0 Å². The third-order valence-electron chi connectivity index (χ3n) is 2.63. The maximum atomic E-state index is 12.0. The molecular formula is C13H17BrO. The van der Waals surface area contributed by atoms with Crippen LogP contribution in [0.3, 0.4) is 0 Å². The summed E-state index contributed by atoms with van der Waals surface area (Å²) in [6.07, 6.45) is 2.02. The zero-order valence-corrected chi connectivity index (χ0v) is 11.1. The van der Waals surface area contributed by atoms with Crippen LogP contribution in [0.5, 0.6) is 0 Å². The summed E-state index contributed by atoms with van der Waals surface area (Å²) in [4.78, 5) is 12.0. The van der Waals surface area contributed by atoms with Crippen molar-refractivity contribution in [1.82, 2.24) is 0 Å². The first-order chi connectivity index (χ1) is 7.06. The molecule has 0 saturated heterocycles. The Morgan fingerprint density at radius 2 is 2.13 bits per heavy atom. The van der Waals surface area contributed by atoms with Crippen LogP contribution in [-0.4, -0.2) is 5.78 Å². The van der Waals surface area contributed by atoms with Gasteiger partial charge in [0.2, 0.25) is 0 Å². The summed E-state index contributed by atoms with van der Waals surface area (Å²) in [6.45, 7) is 6.13. The van der Waals surface area contributed by atoms with E-state index in [-0.39, 0.29) is 11.7 Å². The second kappa shape index (κ2) is 5.45. The van der Waals surface area contributed by atoms with Crippen LogP contribution < -0.4 is 0 Å². The minimum absolute atomic E-state index is 0.129. The lowest BCUT2D eigenvalue weighted by molar-refractivity contribution is 0.0923. The Kier molecular flexibility index (Phi) is 4.52. The lowest BCUT2D eigenvalue weighted by Crippen LogP contribution is -2.11. The SMILES string of the molecule is CCCC(C)C(=O)c1ccc(C)c(Br)c1. The van der Waals surface area contributed by atoms with Crippen molar-refractivity contribution in [3.63, 3.8) is 0 Å². The monoisotopic (exact) mass is 268 g/mol. The summed E-state index contributed by atoms with van der Waals surface area (Å²) in [5, 5.41) is 0. The third-order valence-corrected chi connectivity index (χ3v) is 3.48. The number of hydrogen-bond acceptors (Lipinski definition) is 1. The Morgan fingerprint density at radius 1 is 1.47 bits per heavy atom. The average molecular weight is 269 g/mol. The molecule has 1 aromatic carbocycles. The van der Waals surface area contributed by atoms with Crippen LogP contribution in [-0.2, 0) is 0 Å². The molecule has 0 aliphatic rings. The van der Waals surface area contributed by atoms with E-state index in [9.17, 15) is 4.79 Å². The van der Waals surface area contributed by atoms with Crippen molar-refractivity contribution in [3.8, 4) is 0 Å². The predicted molar refractivity (Wildman–Crippen MR) is 67.3 cm³/mol. The van der Waals surface area contributed by atoms with Crippen molar-refractivity contribution in [1.29, 1.82) is 0 Å². The largest absolute Gasteiger partial charge is 0.294 e. The van der Waals surface area contributed by atoms with Crippen molar-refractivity contribution in [2.45, 2.75) is 33.6 Å². The highest BCUT2D eigenvalue weighted by molar-refractivity contribution is 9.10. The van der Waals surface area contributed by atoms with Gasteiger partial charge in [-0.1, -0.05) is 48.3 Å². The highest BCUT2D eigenvalue weighted by atomic mass is 79.9. The Balaban J connectivity index is 2.87. The fraction of sp³-hybridized carbons (Fsp3) is 0.462. The van der Waals surface area contributed by atoms with E-state index < -0.39 is 0 Å². The molecule has 1 nitrogen and oxygen atoms in total. The smallest absolute Gasteiger partial charge is 0.165 e. The Hall–Kier alpha value is -0.630. The number of aryl methyl sites for hydroxylation is 1. The van der Waals surface area contributed by atoms with E-state index >= 15 is 0 Å². The molecule has 1 aromatic rings. The molecule has 0 amide bonds. The maximum Gasteiger partial charge on any atom is 0.165 e. The van der Waals surface area contributed by atoms with Gasteiger partial charge in [-0.15, -0.1) is 0 Å². The zero-order chi connectivity index (χ0) is 11.4. The van der Waals surface area contributed by atoms with Crippen LogP contribution in [0, 0.1) is 12.8 Å². The van der Waals surface area contributed by atoms with Crippen molar-refractivity contribution in [3.05, 3.63) is 33.8 Å². The second-order valence-electron chi connectivity index (χ2n) is 4.02. The van der Waals surface area contributed by atoms with Crippen LogP contribution in [0.2, 0.25) is 0 Å². The number of benzene rings is 1. The van der Waals surface area contributed by atoms with Gasteiger partial charge < -0.3 is 0 Å². The van der Waals surface area contributed by atoms with E-state index in [1.165, 1.54) is 0 Å². The molecule has 82 valence electrons. The average Bonchev–Trinajstić information content (AvgIpc) is 2.21. The van der Waals surface area contributed by atoms with E-state index in [1.54, 1.807) is 0 Å². The number of carbonyl (C=O) groups is 1. The summed E-state index contributed by atoms with van der Waals surface area (Å²) in [5.41, 5.74) is 1.98. The molecule has 1 unspecified atom stereocenters. The molecular weight excluding hydrogens is 252 g/mol. The van der Waals surface area contributed by atoms with Crippen molar-refractivity contribution >= 4 is 21.7 Å². The van der Waals surface area contributed by atoms with Crippen LogP contribution in [0.4, 0.5) is 0 Å². The summed E-state index contributed by atoms with van der Waals surface area (Å²) in [6, 6.07) is 5.81. The van der Waals surface area contributed by atoms with Gasteiger partial charge >= 0.3 is 0 Å². The Labute approximate surface area is 100 Å². The normalized spacial score (nSPS) is 12.5. The minimum Gasteiger partial charge on any atom is -0.294 e. The summed E-state index contributed by atoms with van der Waals surface area (Å²) in [7, 11) is 0. The van der Waals surface area contributed by atoms with E-state index in [1.807, 2.05) is 32.0 Å². The first-order valence-electron chi connectivity index (χ1n) is 5.36. The molecule has 15 heavy (non-hydrogen) atoms. The summed E-state index contributed by atoms with van der Waals surface area (Å²) in [5.74, 6) is 0.377. The number of Topliss-reactive ketones (excluding diaryl/α,β-unsaturated/α-hetero) is 1. The summed E-state index contributed by atoms with van der Waals surface area (Å²) < 4.78 is 1.01. The Bertz CT molecular complexity index is 358. The third kappa shape index (κ3) is 3.16. The van der Waals surface area contributed by atoms with Crippen LogP contribution >= 0.6 is 15.9 Å². The molecule has 0 aliphatic heterocycles. The number of ketones is 1. The van der Waals surface area contributed by atoms with Gasteiger partial charge in [-0.25, -0.2) is 0 Å². The van der Waals surface area contributed by atoms with Gasteiger partial charge in [0.25, 0.3) is 0 Å². The molecule has 1 atom stereocenters. The lowest BCUT2D eigenvalue weighted by Gasteiger charge is -2.09. The lowest BCUT2D eigenvalue weighted by atomic mass is 9.95. The van der Waals surface area contributed by atoms with Crippen LogP contribution in [0.15, 0.2) is 22.7 Å². The number of hydrogen-bond donors (Lipinski definition) is 0. The maximum absolute atomic E-state index is 12.0. The molecule has 0 saturated carbocycles. The highest BCUT2D eigenvalue weighted by Crippen LogP contribution is 2.20. The van der Waals surface area contributed by atoms with E-state index in [2.05, 4.69) is 22.9 Å². The minimum atomic E-state index is 0.129. The van der Waals surface area contributed by atoms with Crippen molar-refractivity contribution < 1.29 is 4.79 Å². The quantitative estimate of drug-likeness (QED) is 0.741. The molecule has 0 fully saturated rings. The first kappa shape index (κ1) is 12.4. The zero-order valence-electron chi connectivity index (χ0n) is 9.51. The molecule has 0 aromatic heterocycles. The fourth-order valence-corrected chi connectivity index (χ4v) is 1.97. The Morgan fingerprint density at radius 3 is 2.67 bits per heavy atom. The predicted octanol–water partition coefficient (Wildman–Crippen LogP) is 4.38. The number of halogens is 1. The van der Waals surface area contributed by atoms with Gasteiger partial charge in [-0.3, -0.25) is 4.79 Å². The van der Waals surface area contributed by atoms with Gasteiger partial charge in [-0.05, 0) is 25.0 Å². The topological polar surface area (TPSA) is 17.1 Å². The fourth-order valence-electron chi connectivity index (χ4n) is 1.59. The van der Waals surface area contributed by atoms with E-state index in [0.717, 1.165) is 28.4 Å². The van der Waals surface area contributed by atoms with Crippen molar-refractivity contribution in [2.75, 3.05) is 0 Å². The number of rotatable bonds is 4. The van der Waals surface area contributed by atoms with Crippen LogP contribution in [0.25, 0.3) is 0 Å². The second-order valence-corrected chi connectivity index (χ2v) is 4.87. The van der Waals surface area contributed by atoms with E-state index in [0.29, 0.717) is 0 Å². The van der Waals surface area contributed by atoms with Crippen molar-refractivity contribution in [2.24, 2.45) is 5.92 Å². The molecule has 1 rings (SSSR count). The van der Waals surface area contributed by atoms with Crippen LogP contribution in [0.1, 0.15) is 42.6 Å². The van der Waals surface area contributed by atoms with Gasteiger partial charge in [0.05, 0.1) is 0 Å². The molecule has 2 heteroatoms. The van der Waals surface area contributed by atoms with Gasteiger partial charge in [-0.2, -0.15) is 0 Å². The first-order valence-corrected chi connectivity index (χ1v) is 6.16.